The summed E-state index contributed by atoms with van der Waals surface area (Å²) in [4.78, 5) is 21.0. The molecule has 18 nitrogen and oxygen atoms in total. The first kappa shape index (κ1) is 39.8. The summed E-state index contributed by atoms with van der Waals surface area (Å²) >= 11 is 0. The Morgan fingerprint density at radius 2 is 0.825 bits per heavy atom. The summed E-state index contributed by atoms with van der Waals surface area (Å²) in [7, 11) is -14.2. The Hall–Kier alpha value is -6.91. The fourth-order valence-electron chi connectivity index (χ4n) is 5.52. The van der Waals surface area contributed by atoms with Gasteiger partial charge in [-0.1, -0.05) is 48.5 Å². The zero-order valence-electron chi connectivity index (χ0n) is 28.8. The molecule has 0 spiro atoms. The Morgan fingerprint density at radius 3 is 1.16 bits per heavy atom. The molecule has 57 heavy (non-hydrogen) atoms. The molecule has 0 amide bonds. The topological polar surface area (TPSA) is 260 Å². The molecule has 0 atom stereocenters. The van der Waals surface area contributed by atoms with Crippen molar-refractivity contribution >= 4 is 75.6 Å². The van der Waals surface area contributed by atoms with Gasteiger partial charge in [0.2, 0.25) is 9.84 Å². The van der Waals surface area contributed by atoms with E-state index >= 15 is 0 Å². The van der Waals surface area contributed by atoms with Gasteiger partial charge in [-0.2, -0.15) is 16.8 Å². The molecule has 0 fully saturated rings. The monoisotopic (exact) mass is 832 g/mol. The number of hydrogen-bond donors (Lipinski definition) is 4. The highest BCUT2D eigenvalue weighted by Crippen LogP contribution is 2.40. The molecule has 0 radical (unpaired) electrons. The lowest BCUT2D eigenvalue weighted by Crippen LogP contribution is -2.26. The highest BCUT2D eigenvalue weighted by molar-refractivity contribution is 7.91. The van der Waals surface area contributed by atoms with E-state index in [2.05, 4.69) is 10.9 Å². The summed E-state index contributed by atoms with van der Waals surface area (Å²) in [5.41, 5.74) is 4.53. The predicted molar refractivity (Wildman–Crippen MR) is 209 cm³/mol. The molecule has 4 N–H and O–H groups in total. The number of hydrogen-bond acceptors (Lipinski definition) is 14. The van der Waals surface area contributed by atoms with Crippen LogP contribution in [-0.2, 0) is 30.1 Å². The van der Waals surface area contributed by atoms with E-state index in [4.69, 9.17) is 0 Å². The Labute approximate surface area is 324 Å². The van der Waals surface area contributed by atoms with Crippen molar-refractivity contribution in [2.24, 2.45) is 0 Å². The molecule has 6 aromatic rings. The SMILES string of the molecule is O=[N+]([O-])c1cc(S(=O)(=O)c2ccc(N(Nc3ccccc3)c3cccc(S(=O)(=O)O)c3)c([N+](=O)[O-])c2)ccc1N(Nc1ccccc1)c1cccc(S(=O)(=O)O)c1. The molecule has 0 bridgehead atoms. The van der Waals surface area contributed by atoms with Crippen LogP contribution < -0.4 is 20.9 Å². The molecule has 0 saturated carbocycles. The average molecular weight is 833 g/mol. The molecule has 0 aromatic heterocycles. The molecule has 21 heteroatoms. The lowest BCUT2D eigenvalue weighted by Gasteiger charge is -2.27. The first-order valence-corrected chi connectivity index (χ1v) is 20.5. The van der Waals surface area contributed by atoms with Crippen molar-refractivity contribution < 1.29 is 44.2 Å². The van der Waals surface area contributed by atoms with Gasteiger partial charge in [0.1, 0.15) is 11.4 Å². The zero-order chi connectivity index (χ0) is 41.1. The van der Waals surface area contributed by atoms with Crippen LogP contribution in [0.1, 0.15) is 0 Å². The minimum Gasteiger partial charge on any atom is -0.294 e. The summed E-state index contributed by atoms with van der Waals surface area (Å²) in [6, 6.07) is 31.7. The smallest absolute Gasteiger partial charge is 0.294 e. The first-order chi connectivity index (χ1) is 26.9. The number of nitro groups is 2. The van der Waals surface area contributed by atoms with E-state index < -0.39 is 70.9 Å². The van der Waals surface area contributed by atoms with Crippen molar-refractivity contribution in [3.8, 4) is 0 Å². The van der Waals surface area contributed by atoms with Crippen LogP contribution in [-0.4, -0.2) is 44.2 Å². The molecule has 0 saturated heterocycles. The quantitative estimate of drug-likeness (QED) is 0.0482. The van der Waals surface area contributed by atoms with Crippen molar-refractivity contribution in [3.63, 3.8) is 0 Å². The van der Waals surface area contributed by atoms with Gasteiger partial charge >= 0.3 is 0 Å². The van der Waals surface area contributed by atoms with Gasteiger partial charge < -0.3 is 0 Å². The number of rotatable bonds is 14. The van der Waals surface area contributed by atoms with E-state index in [9.17, 15) is 54.6 Å². The normalized spacial score (nSPS) is 11.7. The van der Waals surface area contributed by atoms with Crippen molar-refractivity contribution in [1.82, 2.24) is 0 Å². The minimum atomic E-state index is -4.75. The fourth-order valence-corrected chi connectivity index (χ4v) is 7.87. The van der Waals surface area contributed by atoms with Crippen LogP contribution in [0.15, 0.2) is 165 Å². The minimum absolute atomic E-state index is 0.00492. The number of hydrazine groups is 2. The highest BCUT2D eigenvalue weighted by Gasteiger charge is 2.31. The Balaban J connectivity index is 1.46. The third kappa shape index (κ3) is 8.82. The van der Waals surface area contributed by atoms with Gasteiger partial charge in [-0.25, -0.2) is 18.4 Å². The van der Waals surface area contributed by atoms with Crippen molar-refractivity contribution in [1.29, 1.82) is 0 Å². The average Bonchev–Trinajstić information content (AvgIpc) is 3.19. The van der Waals surface area contributed by atoms with E-state index in [0.29, 0.717) is 11.4 Å². The number of sulfone groups is 1. The first-order valence-electron chi connectivity index (χ1n) is 16.1. The summed E-state index contributed by atoms with van der Waals surface area (Å²) < 4.78 is 95.4. The van der Waals surface area contributed by atoms with Crippen LogP contribution in [0.2, 0.25) is 0 Å². The number of nitrogens with one attached hydrogen (secondary N) is 2. The lowest BCUT2D eigenvalue weighted by molar-refractivity contribution is -0.384. The van der Waals surface area contributed by atoms with Gasteiger partial charge in [0.15, 0.2) is 0 Å². The summed E-state index contributed by atoms with van der Waals surface area (Å²) in [6.07, 6.45) is 0. The number of nitrogens with zero attached hydrogens (tertiary/aromatic N) is 4. The lowest BCUT2D eigenvalue weighted by atomic mass is 10.2. The predicted octanol–water partition coefficient (Wildman–Crippen LogP) is 7.16. The van der Waals surface area contributed by atoms with E-state index in [1.807, 2.05) is 0 Å². The van der Waals surface area contributed by atoms with E-state index in [0.717, 1.165) is 70.7 Å². The number of nitro benzene ring substituents is 2. The number of para-hydroxylation sites is 2. The Kier molecular flexibility index (Phi) is 10.9. The van der Waals surface area contributed by atoms with Gasteiger partial charge in [-0.15, -0.1) is 0 Å². The van der Waals surface area contributed by atoms with E-state index in [1.54, 1.807) is 60.7 Å². The van der Waals surface area contributed by atoms with Crippen molar-refractivity contribution in [2.75, 3.05) is 20.9 Å². The molecule has 0 heterocycles. The maximum atomic E-state index is 14.1. The van der Waals surface area contributed by atoms with Crippen molar-refractivity contribution in [3.05, 3.63) is 166 Å². The van der Waals surface area contributed by atoms with Crippen LogP contribution in [0.25, 0.3) is 0 Å². The van der Waals surface area contributed by atoms with Gasteiger partial charge in [-0.05, 0) is 84.9 Å². The van der Waals surface area contributed by atoms with E-state index in [1.165, 1.54) is 24.3 Å². The van der Waals surface area contributed by atoms with E-state index in [-0.39, 0.29) is 22.7 Å². The van der Waals surface area contributed by atoms with Gasteiger partial charge in [-0.3, -0.25) is 40.2 Å². The van der Waals surface area contributed by atoms with Crippen LogP contribution in [0.5, 0.6) is 0 Å². The molecule has 6 rings (SSSR count). The fraction of sp³-hybridized carbons (Fsp3) is 0. The molecule has 6 aromatic carbocycles. The number of benzene rings is 6. The third-order valence-electron chi connectivity index (χ3n) is 8.17. The Bertz CT molecular complexity index is 2660. The van der Waals surface area contributed by atoms with Crippen molar-refractivity contribution in [2.45, 2.75) is 19.6 Å². The standard InChI is InChI=1S/C36H28N6O12S3/c43-41(44)35-23-29(17-19-33(35)39(37-25-9-3-1-4-10-25)27-13-7-15-31(21-27)56(49,50)51)55(47,48)30-18-20-34(36(24-30)42(45)46)40(38-26-11-5-2-6-12-26)28-14-8-16-32(22-28)57(52,53)54/h1-24,37-38H,(H,49,50,51)(H,52,53,54). The molecular weight excluding hydrogens is 805 g/mol. The summed E-state index contributed by atoms with van der Waals surface area (Å²) in [6.45, 7) is 0. The molecule has 0 aliphatic carbocycles. The second-order valence-electron chi connectivity index (χ2n) is 11.9. The largest absolute Gasteiger partial charge is 0.296 e. The second-order valence-corrected chi connectivity index (χ2v) is 16.7. The van der Waals surface area contributed by atoms with Gasteiger partial charge in [0.25, 0.3) is 31.6 Å². The molecular formula is C36H28N6O12S3. The van der Waals surface area contributed by atoms with Crippen LogP contribution in [0.3, 0.4) is 0 Å². The zero-order valence-corrected chi connectivity index (χ0v) is 31.3. The summed E-state index contributed by atoms with van der Waals surface area (Å²) in [5.74, 6) is 0. The van der Waals surface area contributed by atoms with Crippen LogP contribution in [0.4, 0.5) is 45.5 Å². The van der Waals surface area contributed by atoms with Crippen LogP contribution >= 0.6 is 0 Å². The third-order valence-corrected chi connectivity index (χ3v) is 11.6. The maximum Gasteiger partial charge on any atom is 0.296 e. The Morgan fingerprint density at radius 1 is 0.456 bits per heavy atom. The van der Waals surface area contributed by atoms with Gasteiger partial charge in [0, 0.05) is 12.1 Å². The summed E-state index contributed by atoms with van der Waals surface area (Å²) in [5, 5.41) is 27.3. The molecule has 0 aliphatic rings. The number of anilines is 6. The molecule has 292 valence electrons. The molecule has 0 unspecified atom stereocenters. The van der Waals surface area contributed by atoms with Gasteiger partial charge in [0.05, 0.1) is 52.2 Å². The molecule has 0 aliphatic heterocycles. The maximum absolute atomic E-state index is 14.1. The second kappa shape index (κ2) is 15.7. The van der Waals surface area contributed by atoms with Crippen LogP contribution in [0, 0.1) is 20.2 Å². The highest BCUT2D eigenvalue weighted by atomic mass is 32.2.